The summed E-state index contributed by atoms with van der Waals surface area (Å²) < 4.78 is 1.95. The number of likely N-dealkylation sites (tertiary alicyclic amines) is 1. The van der Waals surface area contributed by atoms with Gasteiger partial charge in [-0.2, -0.15) is 0 Å². The molecular weight excluding hydrogens is 256 g/mol. The lowest BCUT2D eigenvalue weighted by Gasteiger charge is -2.33. The zero-order valence-corrected chi connectivity index (χ0v) is 11.4. The minimum atomic E-state index is -0.486. The van der Waals surface area contributed by atoms with Crippen molar-refractivity contribution in [1.82, 2.24) is 9.47 Å². The van der Waals surface area contributed by atoms with Crippen molar-refractivity contribution in [2.75, 3.05) is 12.3 Å². The maximum atomic E-state index is 12.7. The molecule has 0 radical (unpaired) electrons. The lowest BCUT2D eigenvalue weighted by Crippen LogP contribution is -2.50. The number of nitrogens with two attached hydrogens (primary N) is 2. The van der Waals surface area contributed by atoms with Gasteiger partial charge in [-0.1, -0.05) is 0 Å². The minimum Gasteiger partial charge on any atom is -0.397 e. The molecule has 20 heavy (non-hydrogen) atoms. The van der Waals surface area contributed by atoms with Crippen LogP contribution in [0.15, 0.2) is 12.3 Å². The van der Waals surface area contributed by atoms with E-state index in [4.69, 9.17) is 11.5 Å². The van der Waals surface area contributed by atoms with Gasteiger partial charge < -0.3 is 20.9 Å². The van der Waals surface area contributed by atoms with Crippen molar-refractivity contribution in [2.45, 2.75) is 44.2 Å². The Morgan fingerprint density at radius 3 is 2.60 bits per heavy atom. The molecule has 0 spiro atoms. The highest BCUT2D eigenvalue weighted by Crippen LogP contribution is 2.37. The fourth-order valence-corrected chi connectivity index (χ4v) is 2.94. The van der Waals surface area contributed by atoms with E-state index < -0.39 is 11.9 Å². The van der Waals surface area contributed by atoms with Crippen LogP contribution in [0.5, 0.6) is 0 Å². The van der Waals surface area contributed by atoms with Gasteiger partial charge >= 0.3 is 0 Å². The third-order valence-electron chi connectivity index (χ3n) is 4.12. The van der Waals surface area contributed by atoms with Gasteiger partial charge in [0.1, 0.15) is 11.7 Å². The number of nitrogens with zero attached hydrogens (tertiary/aromatic N) is 2. The van der Waals surface area contributed by atoms with Crippen molar-refractivity contribution in [2.24, 2.45) is 5.73 Å². The van der Waals surface area contributed by atoms with Crippen LogP contribution in [0.1, 0.15) is 48.6 Å². The molecule has 0 bridgehead atoms. The third kappa shape index (κ3) is 2.26. The second-order valence-electron chi connectivity index (χ2n) is 5.71. The molecule has 2 aliphatic rings. The number of piperidine rings is 1. The molecule has 1 aromatic heterocycles. The van der Waals surface area contributed by atoms with Crippen molar-refractivity contribution >= 4 is 17.5 Å². The summed E-state index contributed by atoms with van der Waals surface area (Å²) in [5.41, 5.74) is 12.4. The summed E-state index contributed by atoms with van der Waals surface area (Å²) in [5, 5.41) is 0. The van der Waals surface area contributed by atoms with Crippen molar-refractivity contribution in [3.05, 3.63) is 18.0 Å². The lowest BCUT2D eigenvalue weighted by molar-refractivity contribution is -0.123. The van der Waals surface area contributed by atoms with Crippen LogP contribution < -0.4 is 11.5 Å². The first-order valence-electron chi connectivity index (χ1n) is 7.15. The number of anilines is 1. The lowest BCUT2D eigenvalue weighted by atomic mass is 10.0. The van der Waals surface area contributed by atoms with E-state index in [9.17, 15) is 9.59 Å². The summed E-state index contributed by atoms with van der Waals surface area (Å²) in [6.45, 7) is 0.586. The van der Waals surface area contributed by atoms with Gasteiger partial charge in [-0.25, -0.2) is 0 Å². The summed E-state index contributed by atoms with van der Waals surface area (Å²) >= 11 is 0. The Morgan fingerprint density at radius 1 is 1.20 bits per heavy atom. The van der Waals surface area contributed by atoms with Gasteiger partial charge in [-0.3, -0.25) is 9.59 Å². The molecule has 1 aromatic rings. The largest absolute Gasteiger partial charge is 0.397 e. The molecule has 2 heterocycles. The van der Waals surface area contributed by atoms with Crippen LogP contribution in [0.2, 0.25) is 0 Å². The minimum absolute atomic E-state index is 0.128. The van der Waals surface area contributed by atoms with E-state index in [1.807, 2.05) is 10.8 Å². The molecule has 6 heteroatoms. The standard InChI is InChI=1S/C14H20N4O2/c15-9-7-12(18(8-9)10-4-5-10)14(20)17-6-2-1-3-11(17)13(16)19/h7-8,10-11H,1-6,15H2,(H2,16,19). The predicted octanol–water partition coefficient (Wildman–Crippen LogP) is 0.885. The third-order valence-corrected chi connectivity index (χ3v) is 4.12. The Morgan fingerprint density at radius 2 is 1.95 bits per heavy atom. The molecule has 2 fully saturated rings. The van der Waals surface area contributed by atoms with E-state index in [0.717, 1.165) is 25.7 Å². The van der Waals surface area contributed by atoms with Crippen LogP contribution in [0.25, 0.3) is 0 Å². The molecule has 1 atom stereocenters. The van der Waals surface area contributed by atoms with E-state index in [0.29, 0.717) is 30.4 Å². The fourth-order valence-electron chi connectivity index (χ4n) is 2.94. The molecule has 1 saturated carbocycles. The maximum absolute atomic E-state index is 12.7. The zero-order valence-electron chi connectivity index (χ0n) is 11.4. The number of carbonyl (C=O) groups excluding carboxylic acids is 2. The Balaban J connectivity index is 1.89. The number of amides is 2. The van der Waals surface area contributed by atoms with E-state index in [-0.39, 0.29) is 5.91 Å². The Bertz CT molecular complexity index is 547. The summed E-state index contributed by atoms with van der Waals surface area (Å²) in [7, 11) is 0. The first-order chi connectivity index (χ1) is 9.58. The van der Waals surface area contributed by atoms with Gasteiger partial charge in [0.2, 0.25) is 5.91 Å². The second kappa shape index (κ2) is 4.85. The van der Waals surface area contributed by atoms with Crippen molar-refractivity contribution in [3.8, 4) is 0 Å². The van der Waals surface area contributed by atoms with Gasteiger partial charge in [-0.15, -0.1) is 0 Å². The topological polar surface area (TPSA) is 94.3 Å². The molecule has 4 N–H and O–H groups in total. The number of hydrogen-bond acceptors (Lipinski definition) is 3. The molecule has 0 aromatic carbocycles. The van der Waals surface area contributed by atoms with Crippen molar-refractivity contribution < 1.29 is 9.59 Å². The van der Waals surface area contributed by atoms with E-state index in [2.05, 4.69) is 0 Å². The number of carbonyl (C=O) groups is 2. The van der Waals surface area contributed by atoms with Crippen LogP contribution >= 0.6 is 0 Å². The van der Waals surface area contributed by atoms with E-state index in [1.54, 1.807) is 11.0 Å². The molecule has 2 amide bonds. The van der Waals surface area contributed by atoms with Crippen molar-refractivity contribution in [1.29, 1.82) is 0 Å². The molecular formula is C14H20N4O2. The monoisotopic (exact) mass is 276 g/mol. The van der Waals surface area contributed by atoms with Crippen LogP contribution in [-0.2, 0) is 4.79 Å². The quantitative estimate of drug-likeness (QED) is 0.858. The van der Waals surface area contributed by atoms with Crippen LogP contribution in [0, 0.1) is 0 Å². The van der Waals surface area contributed by atoms with Gasteiger partial charge in [0.25, 0.3) is 5.91 Å². The highest BCUT2D eigenvalue weighted by atomic mass is 16.2. The fraction of sp³-hybridized carbons (Fsp3) is 0.571. The first kappa shape index (κ1) is 13.0. The van der Waals surface area contributed by atoms with Gasteiger partial charge in [-0.05, 0) is 38.2 Å². The number of aromatic nitrogens is 1. The summed E-state index contributed by atoms with van der Waals surface area (Å²) in [6.07, 6.45) is 6.47. The van der Waals surface area contributed by atoms with Gasteiger partial charge in [0.15, 0.2) is 0 Å². The molecule has 1 saturated heterocycles. The average Bonchev–Trinajstić information content (AvgIpc) is 3.21. The van der Waals surface area contributed by atoms with E-state index in [1.165, 1.54) is 0 Å². The summed E-state index contributed by atoms with van der Waals surface area (Å²) in [4.78, 5) is 25.9. The smallest absolute Gasteiger partial charge is 0.271 e. The first-order valence-corrected chi connectivity index (χ1v) is 7.15. The molecule has 1 aliphatic heterocycles. The SMILES string of the molecule is NC(=O)C1CCCCN1C(=O)c1cc(N)cn1C1CC1. The number of rotatable bonds is 3. The predicted molar refractivity (Wildman–Crippen MR) is 75.0 cm³/mol. The van der Waals surface area contributed by atoms with Gasteiger partial charge in [0, 0.05) is 18.8 Å². The number of primary amides is 1. The molecule has 108 valence electrons. The maximum Gasteiger partial charge on any atom is 0.271 e. The van der Waals surface area contributed by atoms with E-state index >= 15 is 0 Å². The Labute approximate surface area is 117 Å². The molecule has 1 unspecified atom stereocenters. The highest BCUT2D eigenvalue weighted by molar-refractivity contribution is 5.97. The van der Waals surface area contributed by atoms with Crippen LogP contribution in [0.4, 0.5) is 5.69 Å². The summed E-state index contributed by atoms with van der Waals surface area (Å²) in [6, 6.07) is 1.59. The molecule has 1 aliphatic carbocycles. The van der Waals surface area contributed by atoms with Crippen LogP contribution in [-0.4, -0.2) is 33.9 Å². The number of nitrogen functional groups attached to an aromatic ring is 1. The van der Waals surface area contributed by atoms with Crippen LogP contribution in [0.3, 0.4) is 0 Å². The molecule has 6 nitrogen and oxygen atoms in total. The zero-order chi connectivity index (χ0) is 14.3. The normalized spacial score (nSPS) is 22.8. The Kier molecular flexibility index (Phi) is 3.16. The van der Waals surface area contributed by atoms with Gasteiger partial charge in [0.05, 0.1) is 5.69 Å². The summed E-state index contributed by atoms with van der Waals surface area (Å²) in [5.74, 6) is -0.548. The van der Waals surface area contributed by atoms with Crippen molar-refractivity contribution in [3.63, 3.8) is 0 Å². The average molecular weight is 276 g/mol. The number of hydrogen-bond donors (Lipinski definition) is 2. The Hall–Kier alpha value is -1.98. The highest BCUT2D eigenvalue weighted by Gasteiger charge is 2.34. The molecule has 3 rings (SSSR count). The second-order valence-corrected chi connectivity index (χ2v) is 5.71.